The SMILES string of the molecule is C#Cc1nn(O)c2ncoc12. The molecule has 1 N–H and O–H groups in total. The molecule has 11 heavy (non-hydrogen) atoms. The molecule has 0 atom stereocenters. The lowest BCUT2D eigenvalue weighted by Crippen LogP contribution is -1.92. The molecule has 0 amide bonds. The Labute approximate surface area is 61.2 Å². The Morgan fingerprint density at radius 3 is 3.27 bits per heavy atom. The van der Waals surface area contributed by atoms with E-state index in [0.29, 0.717) is 10.4 Å². The van der Waals surface area contributed by atoms with Gasteiger partial charge < -0.3 is 9.62 Å². The first-order chi connectivity index (χ1) is 5.33. The van der Waals surface area contributed by atoms with E-state index in [2.05, 4.69) is 16.0 Å². The zero-order chi connectivity index (χ0) is 7.84. The molecule has 0 aliphatic carbocycles. The van der Waals surface area contributed by atoms with Gasteiger partial charge in [-0.25, -0.2) is 0 Å². The fourth-order valence-electron chi connectivity index (χ4n) is 0.826. The van der Waals surface area contributed by atoms with Crippen molar-refractivity contribution >= 4 is 11.2 Å². The van der Waals surface area contributed by atoms with Gasteiger partial charge >= 0.3 is 0 Å². The maximum Gasteiger partial charge on any atom is 0.238 e. The summed E-state index contributed by atoms with van der Waals surface area (Å²) in [6.45, 7) is 0. The monoisotopic (exact) mass is 149 g/mol. The van der Waals surface area contributed by atoms with Gasteiger partial charge in [-0.3, -0.25) is 0 Å². The lowest BCUT2D eigenvalue weighted by molar-refractivity contribution is 0.159. The average Bonchev–Trinajstić information content (AvgIpc) is 2.54. The highest BCUT2D eigenvalue weighted by molar-refractivity contribution is 5.73. The van der Waals surface area contributed by atoms with Crippen LogP contribution in [-0.2, 0) is 0 Å². The molecule has 2 rings (SSSR count). The van der Waals surface area contributed by atoms with E-state index in [-0.39, 0.29) is 11.3 Å². The fraction of sp³-hybridized carbons (Fsp3) is 0. The van der Waals surface area contributed by atoms with Crippen LogP contribution in [0.25, 0.3) is 11.2 Å². The third-order valence-electron chi connectivity index (χ3n) is 1.28. The summed E-state index contributed by atoms with van der Waals surface area (Å²) in [6.07, 6.45) is 6.26. The molecule has 0 aliphatic rings. The number of terminal acetylenes is 1. The van der Waals surface area contributed by atoms with Gasteiger partial charge in [-0.2, -0.15) is 4.98 Å². The highest BCUT2D eigenvalue weighted by Gasteiger charge is 2.11. The quantitative estimate of drug-likeness (QED) is 0.430. The van der Waals surface area contributed by atoms with E-state index in [4.69, 9.17) is 16.0 Å². The van der Waals surface area contributed by atoms with Crippen LogP contribution in [0.3, 0.4) is 0 Å². The van der Waals surface area contributed by atoms with Crippen molar-refractivity contribution in [1.29, 1.82) is 0 Å². The van der Waals surface area contributed by atoms with Gasteiger partial charge in [0.15, 0.2) is 12.1 Å². The van der Waals surface area contributed by atoms with Crippen molar-refractivity contribution in [2.24, 2.45) is 0 Å². The van der Waals surface area contributed by atoms with E-state index < -0.39 is 0 Å². The second-order valence-electron chi connectivity index (χ2n) is 1.89. The molecule has 0 bridgehead atoms. The van der Waals surface area contributed by atoms with Gasteiger partial charge in [0.1, 0.15) is 0 Å². The highest BCUT2D eigenvalue weighted by atomic mass is 16.5. The second kappa shape index (κ2) is 1.76. The van der Waals surface area contributed by atoms with Crippen molar-refractivity contribution < 1.29 is 9.62 Å². The van der Waals surface area contributed by atoms with E-state index in [9.17, 15) is 0 Å². The van der Waals surface area contributed by atoms with E-state index in [0.717, 1.165) is 0 Å². The zero-order valence-corrected chi connectivity index (χ0v) is 5.35. The molecular weight excluding hydrogens is 146 g/mol. The lowest BCUT2D eigenvalue weighted by atomic mass is 10.4. The van der Waals surface area contributed by atoms with Gasteiger partial charge in [0, 0.05) is 0 Å². The molecule has 5 heteroatoms. The van der Waals surface area contributed by atoms with Gasteiger partial charge in [0.25, 0.3) is 0 Å². The zero-order valence-electron chi connectivity index (χ0n) is 5.35. The molecular formula is C6H3N3O2. The average molecular weight is 149 g/mol. The summed E-state index contributed by atoms with van der Waals surface area (Å²) in [5.74, 6) is 2.25. The Kier molecular flexibility index (Phi) is 0.928. The van der Waals surface area contributed by atoms with E-state index in [1.54, 1.807) is 0 Å². The predicted octanol–water partition coefficient (Wildman–Crippen LogP) is 0.243. The van der Waals surface area contributed by atoms with Crippen LogP contribution in [0.2, 0.25) is 0 Å². The first-order valence-corrected chi connectivity index (χ1v) is 2.81. The maximum absolute atomic E-state index is 9.00. The van der Waals surface area contributed by atoms with Gasteiger partial charge in [-0.15, -0.1) is 11.5 Å². The highest BCUT2D eigenvalue weighted by Crippen LogP contribution is 2.13. The summed E-state index contributed by atoms with van der Waals surface area (Å²) >= 11 is 0. The summed E-state index contributed by atoms with van der Waals surface area (Å²) in [5, 5.41) is 12.5. The van der Waals surface area contributed by atoms with Crippen LogP contribution < -0.4 is 0 Å². The smallest absolute Gasteiger partial charge is 0.238 e. The van der Waals surface area contributed by atoms with E-state index in [1.165, 1.54) is 6.39 Å². The summed E-state index contributed by atoms with van der Waals surface area (Å²) in [4.78, 5) is 4.27. The maximum atomic E-state index is 9.00. The molecule has 54 valence electrons. The van der Waals surface area contributed by atoms with Gasteiger partial charge in [-0.05, 0) is 5.92 Å². The molecule has 0 radical (unpaired) electrons. The Hall–Kier alpha value is -1.96. The van der Waals surface area contributed by atoms with Gasteiger partial charge in [0.2, 0.25) is 11.2 Å². The van der Waals surface area contributed by atoms with E-state index in [1.807, 2.05) is 0 Å². The molecule has 0 aromatic carbocycles. The normalized spacial score (nSPS) is 10.1. The van der Waals surface area contributed by atoms with Crippen molar-refractivity contribution in [3.63, 3.8) is 0 Å². The summed E-state index contributed by atoms with van der Waals surface area (Å²) in [5.41, 5.74) is 0.813. The summed E-state index contributed by atoms with van der Waals surface area (Å²) in [6, 6.07) is 0. The topological polar surface area (TPSA) is 64.1 Å². The Balaban J connectivity index is 2.94. The van der Waals surface area contributed by atoms with Crippen LogP contribution in [0.1, 0.15) is 5.69 Å². The molecule has 5 nitrogen and oxygen atoms in total. The summed E-state index contributed by atoms with van der Waals surface area (Å²) in [7, 11) is 0. The number of fused-ring (bicyclic) bond motifs is 1. The minimum atomic E-state index is 0.234. The lowest BCUT2D eigenvalue weighted by Gasteiger charge is -1.81. The van der Waals surface area contributed by atoms with Crippen LogP contribution in [0.5, 0.6) is 0 Å². The Morgan fingerprint density at radius 1 is 1.73 bits per heavy atom. The van der Waals surface area contributed by atoms with Crippen molar-refractivity contribution in [1.82, 2.24) is 14.9 Å². The first kappa shape index (κ1) is 5.80. The summed E-state index contributed by atoms with van der Waals surface area (Å²) < 4.78 is 4.86. The van der Waals surface area contributed by atoms with Crippen LogP contribution in [0, 0.1) is 12.3 Å². The minimum absolute atomic E-state index is 0.234. The number of hydrogen-bond acceptors (Lipinski definition) is 4. The number of oxazole rings is 1. The predicted molar refractivity (Wildman–Crippen MR) is 34.9 cm³/mol. The van der Waals surface area contributed by atoms with Crippen molar-refractivity contribution in [2.45, 2.75) is 0 Å². The first-order valence-electron chi connectivity index (χ1n) is 2.81. The molecule has 0 aliphatic heterocycles. The standard InChI is InChI=1S/C6H3N3O2/c1-2-4-5-6(7-3-11-5)9(10)8-4/h1,3,10H. The molecule has 0 saturated carbocycles. The minimum Gasteiger partial charge on any atom is -0.438 e. The molecule has 2 aromatic heterocycles. The molecule has 0 spiro atoms. The van der Waals surface area contributed by atoms with Crippen LogP contribution in [0.15, 0.2) is 10.8 Å². The number of aromatic nitrogens is 3. The van der Waals surface area contributed by atoms with Crippen molar-refractivity contribution in [2.75, 3.05) is 0 Å². The molecule has 2 aromatic rings. The Bertz CT molecular complexity index is 434. The largest absolute Gasteiger partial charge is 0.438 e. The number of hydrogen-bond donors (Lipinski definition) is 1. The number of nitrogens with zero attached hydrogens (tertiary/aromatic N) is 3. The second-order valence-corrected chi connectivity index (χ2v) is 1.89. The molecule has 0 fully saturated rings. The van der Waals surface area contributed by atoms with Crippen molar-refractivity contribution in [3.8, 4) is 12.3 Å². The van der Waals surface area contributed by atoms with Gasteiger partial charge in [0.05, 0.1) is 0 Å². The fourth-order valence-corrected chi connectivity index (χ4v) is 0.826. The van der Waals surface area contributed by atoms with Crippen molar-refractivity contribution in [3.05, 3.63) is 12.1 Å². The third kappa shape index (κ3) is 0.604. The van der Waals surface area contributed by atoms with Crippen LogP contribution in [0.4, 0.5) is 0 Å². The molecule has 2 heterocycles. The third-order valence-corrected chi connectivity index (χ3v) is 1.28. The van der Waals surface area contributed by atoms with Crippen LogP contribution >= 0.6 is 0 Å². The molecule has 0 unspecified atom stereocenters. The van der Waals surface area contributed by atoms with E-state index >= 15 is 0 Å². The number of rotatable bonds is 0. The Morgan fingerprint density at radius 2 is 2.55 bits per heavy atom. The van der Waals surface area contributed by atoms with Gasteiger partial charge in [-0.1, -0.05) is 4.85 Å². The molecule has 0 saturated heterocycles. The van der Waals surface area contributed by atoms with Crippen LogP contribution in [-0.4, -0.2) is 20.1 Å².